The highest BCUT2D eigenvalue weighted by atomic mass is 16.5. The van der Waals surface area contributed by atoms with Crippen molar-refractivity contribution in [3.63, 3.8) is 0 Å². The third kappa shape index (κ3) is 35.0. The summed E-state index contributed by atoms with van der Waals surface area (Å²) >= 11 is 0. The fourth-order valence-electron chi connectivity index (χ4n) is 5.32. The Morgan fingerprint density at radius 1 is 0.537 bits per heavy atom. The first kappa shape index (κ1) is 39.9. The van der Waals surface area contributed by atoms with Crippen LogP contribution in [0.3, 0.4) is 0 Å². The second-order valence-electron chi connectivity index (χ2n) is 12.4. The summed E-state index contributed by atoms with van der Waals surface area (Å²) in [6, 6.07) is 0. The maximum atomic E-state index is 11.9. The number of carbonyl (C=O) groups is 1. The molecule has 0 unspecified atom stereocenters. The van der Waals surface area contributed by atoms with Crippen LogP contribution in [-0.2, 0) is 9.53 Å². The SMILES string of the molecule is CCCCCCCC/C=C\CCCCCCCCOC(=O)CCCCCCCCC/C=C\C[C@H](O)CCCCCC. The summed E-state index contributed by atoms with van der Waals surface area (Å²) < 4.78 is 5.43. The molecular formula is C38H72O3. The monoisotopic (exact) mass is 577 g/mol. The number of hydrogen-bond donors (Lipinski definition) is 1. The van der Waals surface area contributed by atoms with Gasteiger partial charge in [-0.3, -0.25) is 4.79 Å². The zero-order valence-electron chi connectivity index (χ0n) is 27.9. The molecule has 0 aliphatic carbocycles. The standard InChI is InChI=1S/C38H72O3/c1-3-5-7-9-10-11-12-13-14-15-16-19-22-25-28-32-36-41-38(40)35-31-27-24-21-18-17-20-23-26-30-34-37(39)33-29-8-6-4-2/h13-14,26,30,37,39H,3-12,15-25,27-29,31-36H2,1-2H3/b14-13-,30-26-/t37-/m1/s1. The first-order valence-electron chi connectivity index (χ1n) is 18.3. The third-order valence-electron chi connectivity index (χ3n) is 8.14. The Kier molecular flexibility index (Phi) is 34.2. The van der Waals surface area contributed by atoms with Crippen molar-refractivity contribution < 1.29 is 14.6 Å². The first-order valence-corrected chi connectivity index (χ1v) is 18.3. The molecule has 3 heteroatoms. The fourth-order valence-corrected chi connectivity index (χ4v) is 5.32. The molecule has 0 heterocycles. The molecule has 0 saturated carbocycles. The Hall–Kier alpha value is -1.09. The quantitative estimate of drug-likeness (QED) is 0.0480. The van der Waals surface area contributed by atoms with Crippen molar-refractivity contribution >= 4 is 5.97 Å². The van der Waals surface area contributed by atoms with Crippen molar-refractivity contribution in [2.75, 3.05) is 6.61 Å². The van der Waals surface area contributed by atoms with Crippen LogP contribution in [0, 0.1) is 0 Å². The predicted molar refractivity (Wildman–Crippen MR) is 180 cm³/mol. The van der Waals surface area contributed by atoms with E-state index in [4.69, 9.17) is 4.74 Å². The normalized spacial score (nSPS) is 12.6. The number of hydrogen-bond acceptors (Lipinski definition) is 3. The predicted octanol–water partition coefficient (Wildman–Crippen LogP) is 12.4. The van der Waals surface area contributed by atoms with Gasteiger partial charge < -0.3 is 9.84 Å². The van der Waals surface area contributed by atoms with E-state index in [1.807, 2.05) is 0 Å². The Balaban J connectivity index is 3.28. The number of ether oxygens (including phenoxy) is 1. The summed E-state index contributed by atoms with van der Waals surface area (Å²) in [6.07, 6.45) is 44.1. The smallest absolute Gasteiger partial charge is 0.305 e. The molecule has 0 saturated heterocycles. The maximum absolute atomic E-state index is 11.9. The lowest BCUT2D eigenvalue weighted by molar-refractivity contribution is -0.143. The molecule has 3 nitrogen and oxygen atoms in total. The van der Waals surface area contributed by atoms with Crippen LogP contribution < -0.4 is 0 Å². The molecule has 41 heavy (non-hydrogen) atoms. The van der Waals surface area contributed by atoms with Gasteiger partial charge in [0.05, 0.1) is 12.7 Å². The molecule has 1 N–H and O–H groups in total. The summed E-state index contributed by atoms with van der Waals surface area (Å²) in [6.45, 7) is 5.10. The minimum atomic E-state index is -0.155. The average molecular weight is 577 g/mol. The second kappa shape index (κ2) is 35.1. The van der Waals surface area contributed by atoms with Gasteiger partial charge in [-0.25, -0.2) is 0 Å². The zero-order chi connectivity index (χ0) is 29.9. The van der Waals surface area contributed by atoms with E-state index >= 15 is 0 Å². The molecule has 0 aliphatic rings. The van der Waals surface area contributed by atoms with Gasteiger partial charge in [-0.1, -0.05) is 154 Å². The van der Waals surface area contributed by atoms with Crippen LogP contribution in [0.4, 0.5) is 0 Å². The highest BCUT2D eigenvalue weighted by Crippen LogP contribution is 2.13. The van der Waals surface area contributed by atoms with Gasteiger partial charge in [-0.15, -0.1) is 0 Å². The number of rotatable bonds is 33. The van der Waals surface area contributed by atoms with Crippen LogP contribution in [0.25, 0.3) is 0 Å². The molecule has 0 aliphatic heterocycles. The molecule has 0 aromatic heterocycles. The largest absolute Gasteiger partial charge is 0.466 e. The number of carbonyl (C=O) groups excluding carboxylic acids is 1. The van der Waals surface area contributed by atoms with Crippen LogP contribution >= 0.6 is 0 Å². The van der Waals surface area contributed by atoms with Gasteiger partial charge in [0.2, 0.25) is 0 Å². The molecule has 0 bridgehead atoms. The Morgan fingerprint density at radius 3 is 1.49 bits per heavy atom. The van der Waals surface area contributed by atoms with E-state index in [2.05, 4.69) is 38.2 Å². The van der Waals surface area contributed by atoms with Gasteiger partial charge in [-0.2, -0.15) is 0 Å². The van der Waals surface area contributed by atoms with E-state index in [1.165, 1.54) is 135 Å². The molecule has 0 spiro atoms. The topological polar surface area (TPSA) is 46.5 Å². The number of unbranched alkanes of at least 4 members (excludes halogenated alkanes) is 22. The van der Waals surface area contributed by atoms with E-state index in [-0.39, 0.29) is 12.1 Å². The highest BCUT2D eigenvalue weighted by Gasteiger charge is 2.03. The number of allylic oxidation sites excluding steroid dienone is 3. The van der Waals surface area contributed by atoms with E-state index in [0.29, 0.717) is 13.0 Å². The van der Waals surface area contributed by atoms with Crippen LogP contribution in [-0.4, -0.2) is 23.8 Å². The Bertz CT molecular complexity index is 568. The third-order valence-corrected chi connectivity index (χ3v) is 8.14. The molecule has 0 amide bonds. The van der Waals surface area contributed by atoms with Crippen LogP contribution in [0.2, 0.25) is 0 Å². The van der Waals surface area contributed by atoms with Gasteiger partial charge >= 0.3 is 5.97 Å². The number of aliphatic hydroxyl groups excluding tert-OH is 1. The molecular weight excluding hydrogens is 504 g/mol. The minimum absolute atomic E-state index is 0.00406. The summed E-state index contributed by atoms with van der Waals surface area (Å²) in [5, 5.41) is 9.99. The van der Waals surface area contributed by atoms with Crippen LogP contribution in [0.15, 0.2) is 24.3 Å². The van der Waals surface area contributed by atoms with E-state index in [0.717, 1.165) is 44.9 Å². The van der Waals surface area contributed by atoms with E-state index in [9.17, 15) is 9.90 Å². The zero-order valence-corrected chi connectivity index (χ0v) is 27.9. The van der Waals surface area contributed by atoms with Gasteiger partial charge in [0.15, 0.2) is 0 Å². The van der Waals surface area contributed by atoms with Gasteiger partial charge in [0, 0.05) is 6.42 Å². The van der Waals surface area contributed by atoms with E-state index < -0.39 is 0 Å². The minimum Gasteiger partial charge on any atom is -0.466 e. The van der Waals surface area contributed by atoms with Crippen molar-refractivity contribution in [2.24, 2.45) is 0 Å². The fraction of sp³-hybridized carbons (Fsp3) is 0.868. The lowest BCUT2D eigenvalue weighted by atomic mass is 10.1. The van der Waals surface area contributed by atoms with Gasteiger partial charge in [0.25, 0.3) is 0 Å². The molecule has 0 radical (unpaired) electrons. The molecule has 0 aromatic rings. The lowest BCUT2D eigenvalue weighted by Crippen LogP contribution is -2.05. The highest BCUT2D eigenvalue weighted by molar-refractivity contribution is 5.69. The van der Waals surface area contributed by atoms with Crippen LogP contribution in [0.5, 0.6) is 0 Å². The van der Waals surface area contributed by atoms with Crippen molar-refractivity contribution in [3.8, 4) is 0 Å². The van der Waals surface area contributed by atoms with Crippen molar-refractivity contribution in [1.29, 1.82) is 0 Å². The number of aliphatic hydroxyl groups is 1. The molecule has 0 fully saturated rings. The second-order valence-corrected chi connectivity index (χ2v) is 12.4. The molecule has 0 rings (SSSR count). The van der Waals surface area contributed by atoms with Gasteiger partial charge in [-0.05, 0) is 64.2 Å². The van der Waals surface area contributed by atoms with Crippen molar-refractivity contribution in [2.45, 2.75) is 206 Å². The summed E-state index contributed by atoms with van der Waals surface area (Å²) in [5.41, 5.74) is 0. The first-order chi connectivity index (χ1) is 20.2. The lowest BCUT2D eigenvalue weighted by Gasteiger charge is -2.07. The number of esters is 1. The van der Waals surface area contributed by atoms with Gasteiger partial charge in [0.1, 0.15) is 0 Å². The summed E-state index contributed by atoms with van der Waals surface area (Å²) in [5.74, 6) is -0.00406. The van der Waals surface area contributed by atoms with Crippen molar-refractivity contribution in [1.82, 2.24) is 0 Å². The molecule has 1 atom stereocenters. The molecule has 0 aromatic carbocycles. The average Bonchev–Trinajstić information content (AvgIpc) is 2.97. The van der Waals surface area contributed by atoms with E-state index in [1.54, 1.807) is 0 Å². The molecule has 242 valence electrons. The summed E-state index contributed by atoms with van der Waals surface area (Å²) in [7, 11) is 0. The van der Waals surface area contributed by atoms with Crippen LogP contribution in [0.1, 0.15) is 200 Å². The maximum Gasteiger partial charge on any atom is 0.305 e. The van der Waals surface area contributed by atoms with Crippen molar-refractivity contribution in [3.05, 3.63) is 24.3 Å². The summed E-state index contributed by atoms with van der Waals surface area (Å²) in [4.78, 5) is 11.9. The Labute approximate surface area is 257 Å². The Morgan fingerprint density at radius 2 is 0.951 bits per heavy atom.